The fourth-order valence-corrected chi connectivity index (χ4v) is 8.19. The smallest absolute Gasteiger partial charge is 0.0545 e. The van der Waals surface area contributed by atoms with E-state index < -0.39 is 0 Å². The summed E-state index contributed by atoms with van der Waals surface area (Å²) in [6.07, 6.45) is 2.75. The minimum atomic E-state index is 0.579. The number of rotatable bonds is 24. The second-order valence-corrected chi connectivity index (χ2v) is 17.5. The molecule has 340 valence electrons. The first-order valence-corrected chi connectivity index (χ1v) is 23.6. The highest BCUT2D eigenvalue weighted by Gasteiger charge is 2.05. The average Bonchev–Trinajstić information content (AvgIpc) is 3.37. The number of benzene rings is 6. The van der Waals surface area contributed by atoms with E-state index in [-0.39, 0.29) is 0 Å². The van der Waals surface area contributed by atoms with Crippen LogP contribution in [0, 0.1) is 0 Å². The molecule has 0 saturated carbocycles. The molecule has 0 radical (unpaired) electrons. The van der Waals surface area contributed by atoms with Gasteiger partial charge >= 0.3 is 0 Å². The summed E-state index contributed by atoms with van der Waals surface area (Å²) in [5.74, 6) is 0. The van der Waals surface area contributed by atoms with Crippen molar-refractivity contribution in [2.75, 3.05) is 0 Å². The highest BCUT2D eigenvalue weighted by atomic mass is 14.9. The Balaban J connectivity index is 0.693. The average molecular weight is 885 g/mol. The third-order valence-electron chi connectivity index (χ3n) is 12.1. The molecule has 0 fully saturated rings. The van der Waals surface area contributed by atoms with Crippen LogP contribution < -0.4 is 32.7 Å². The summed E-state index contributed by atoms with van der Waals surface area (Å²) >= 11 is 0. The Morgan fingerprint density at radius 1 is 0.239 bits per heavy atom. The highest BCUT2D eigenvalue weighted by molar-refractivity contribution is 5.34. The second kappa shape index (κ2) is 24.8. The Kier molecular flexibility index (Phi) is 17.3. The maximum Gasteiger partial charge on any atom is 0.0545 e. The number of nitrogens with two attached hydrogens (primary N) is 2. The van der Waals surface area contributed by atoms with Crippen LogP contribution in [0.15, 0.2) is 182 Å². The molecular weight excluding hydrogens is 821 g/mol. The molecule has 0 spiro atoms. The van der Waals surface area contributed by atoms with Gasteiger partial charge in [-0.05, 0) is 110 Å². The van der Waals surface area contributed by atoms with E-state index in [2.05, 4.69) is 203 Å². The number of pyridine rings is 2. The number of aromatic nitrogens is 2. The van der Waals surface area contributed by atoms with Gasteiger partial charge in [0.05, 0.1) is 22.8 Å². The summed E-state index contributed by atoms with van der Waals surface area (Å²) in [6.45, 7) is 7.23. The zero-order valence-electron chi connectivity index (χ0n) is 38.6. The molecule has 8 aromatic rings. The van der Waals surface area contributed by atoms with Gasteiger partial charge in [-0.3, -0.25) is 9.97 Å². The molecule has 8 rings (SSSR count). The fourth-order valence-electron chi connectivity index (χ4n) is 8.19. The first-order chi connectivity index (χ1) is 33.0. The van der Waals surface area contributed by atoms with Gasteiger partial charge in [0, 0.05) is 65.4 Å². The van der Waals surface area contributed by atoms with Gasteiger partial charge in [-0.15, -0.1) is 0 Å². The van der Waals surface area contributed by atoms with E-state index in [1.807, 2.05) is 0 Å². The molecule has 0 amide bonds. The molecule has 0 atom stereocenters. The normalized spacial score (nSPS) is 11.3. The van der Waals surface area contributed by atoms with Gasteiger partial charge in [-0.1, -0.05) is 158 Å². The van der Waals surface area contributed by atoms with Crippen molar-refractivity contribution in [2.24, 2.45) is 11.5 Å². The lowest BCUT2D eigenvalue weighted by Crippen LogP contribution is -2.16. The third kappa shape index (κ3) is 15.2. The molecule has 0 aliphatic heterocycles. The van der Waals surface area contributed by atoms with Crippen LogP contribution in [0.25, 0.3) is 0 Å². The van der Waals surface area contributed by atoms with Crippen molar-refractivity contribution < 1.29 is 0 Å². The lowest BCUT2D eigenvalue weighted by atomic mass is 10.0. The molecule has 8 nitrogen and oxygen atoms in total. The second-order valence-electron chi connectivity index (χ2n) is 17.5. The van der Waals surface area contributed by atoms with Gasteiger partial charge in [0.25, 0.3) is 0 Å². The van der Waals surface area contributed by atoms with Gasteiger partial charge < -0.3 is 32.7 Å². The monoisotopic (exact) mass is 885 g/mol. The van der Waals surface area contributed by atoms with E-state index >= 15 is 0 Å². The van der Waals surface area contributed by atoms with Crippen LogP contribution in [-0.2, 0) is 84.7 Å². The number of hydrogen-bond donors (Lipinski definition) is 6. The molecule has 8 heteroatoms. The van der Waals surface area contributed by atoms with Crippen molar-refractivity contribution in [3.05, 3.63) is 272 Å². The van der Waals surface area contributed by atoms with Crippen LogP contribution in [0.2, 0.25) is 0 Å². The van der Waals surface area contributed by atoms with E-state index in [0.717, 1.165) is 106 Å². The predicted octanol–water partition coefficient (Wildman–Crippen LogP) is 9.33. The van der Waals surface area contributed by atoms with Gasteiger partial charge in [0.1, 0.15) is 0 Å². The van der Waals surface area contributed by atoms with Gasteiger partial charge in [0.2, 0.25) is 0 Å². The molecule has 2 heterocycles. The highest BCUT2D eigenvalue weighted by Crippen LogP contribution is 2.16. The summed E-state index contributed by atoms with van der Waals surface area (Å²) in [4.78, 5) is 9.79. The lowest BCUT2D eigenvalue weighted by Gasteiger charge is -2.10. The molecule has 8 N–H and O–H groups in total. The minimum Gasteiger partial charge on any atom is -0.326 e. The molecular formula is C59H64N8. The Hall–Kier alpha value is -6.62. The standard InChI is InChI=1S/C59H64N8/c60-34-50-19-7-44(8-20-50)31-46-11-23-52(24-12-46)36-62-40-56-3-1-5-58(66-56)42-64-38-54-27-15-48(16-28-54)33-49-17-29-55(30-18-49)39-65-43-59-6-2-4-57(67-59)41-63-37-53-25-13-47(14-26-53)32-45-9-21-51(35-61)22-10-45/h1-30,62-65H,31-43,60-61H2. The largest absolute Gasteiger partial charge is 0.326 e. The van der Waals surface area contributed by atoms with Crippen molar-refractivity contribution >= 4 is 0 Å². The van der Waals surface area contributed by atoms with E-state index in [1.165, 1.54) is 55.6 Å². The van der Waals surface area contributed by atoms with E-state index in [1.54, 1.807) is 0 Å². The fraction of sp³-hybridized carbons (Fsp3) is 0.220. The number of hydrogen-bond acceptors (Lipinski definition) is 8. The Morgan fingerprint density at radius 2 is 0.433 bits per heavy atom. The van der Waals surface area contributed by atoms with Crippen molar-refractivity contribution in [1.82, 2.24) is 31.2 Å². The predicted molar refractivity (Wildman–Crippen MR) is 274 cm³/mol. The van der Waals surface area contributed by atoms with Crippen LogP contribution in [0.3, 0.4) is 0 Å². The molecule has 67 heavy (non-hydrogen) atoms. The summed E-state index contributed by atoms with van der Waals surface area (Å²) in [5, 5.41) is 14.3. The summed E-state index contributed by atoms with van der Waals surface area (Å²) < 4.78 is 0. The Morgan fingerprint density at radius 3 is 0.642 bits per heavy atom. The SMILES string of the molecule is NCc1ccc(Cc2ccc(CNCc3cccc(CNCc4ccc(Cc5ccc(CNCc6cccc(CNCc7ccc(Cc8ccc(CN)cc8)cc7)n6)cc5)cc4)n3)cc2)cc1. The minimum absolute atomic E-state index is 0.579. The summed E-state index contributed by atoms with van der Waals surface area (Å²) in [5.41, 5.74) is 30.9. The van der Waals surface area contributed by atoms with E-state index in [4.69, 9.17) is 21.4 Å². The molecule has 0 saturated heterocycles. The number of nitrogens with one attached hydrogen (secondary N) is 4. The Labute approximate surface area is 397 Å². The van der Waals surface area contributed by atoms with Crippen molar-refractivity contribution in [3.63, 3.8) is 0 Å². The van der Waals surface area contributed by atoms with Crippen LogP contribution in [0.1, 0.15) is 89.5 Å². The molecule has 0 bridgehead atoms. The molecule has 2 aromatic heterocycles. The zero-order chi connectivity index (χ0) is 45.9. The zero-order valence-corrected chi connectivity index (χ0v) is 38.6. The molecule has 0 aliphatic rings. The van der Waals surface area contributed by atoms with E-state index in [9.17, 15) is 0 Å². The maximum absolute atomic E-state index is 5.74. The third-order valence-corrected chi connectivity index (χ3v) is 12.1. The topological polar surface area (TPSA) is 126 Å². The molecule has 6 aromatic carbocycles. The Bertz CT molecular complexity index is 2510. The first kappa shape index (κ1) is 46.9. The first-order valence-electron chi connectivity index (χ1n) is 23.6. The number of nitrogens with zero attached hydrogens (tertiary/aromatic N) is 2. The quantitative estimate of drug-likeness (QED) is 0.0355. The molecule has 0 aliphatic carbocycles. The summed E-state index contributed by atoms with van der Waals surface area (Å²) in [6, 6.07) is 65.3. The van der Waals surface area contributed by atoms with Crippen LogP contribution >= 0.6 is 0 Å². The summed E-state index contributed by atoms with van der Waals surface area (Å²) in [7, 11) is 0. The van der Waals surface area contributed by atoms with Gasteiger partial charge in [-0.2, -0.15) is 0 Å². The van der Waals surface area contributed by atoms with Gasteiger partial charge in [0.15, 0.2) is 0 Å². The van der Waals surface area contributed by atoms with Crippen molar-refractivity contribution in [1.29, 1.82) is 0 Å². The molecule has 0 unspecified atom stereocenters. The maximum atomic E-state index is 5.74. The van der Waals surface area contributed by atoms with Crippen molar-refractivity contribution in [2.45, 2.75) is 84.7 Å². The lowest BCUT2D eigenvalue weighted by molar-refractivity contribution is 0.654. The van der Waals surface area contributed by atoms with Crippen molar-refractivity contribution in [3.8, 4) is 0 Å². The van der Waals surface area contributed by atoms with Crippen LogP contribution in [0.4, 0.5) is 0 Å². The van der Waals surface area contributed by atoms with E-state index in [0.29, 0.717) is 13.1 Å². The van der Waals surface area contributed by atoms with Crippen LogP contribution in [0.5, 0.6) is 0 Å². The van der Waals surface area contributed by atoms with Crippen LogP contribution in [-0.4, -0.2) is 9.97 Å². The van der Waals surface area contributed by atoms with Gasteiger partial charge in [-0.25, -0.2) is 0 Å².